The van der Waals surface area contributed by atoms with Crippen LogP contribution in [-0.2, 0) is 16.4 Å². The number of piperidine rings is 1. The van der Waals surface area contributed by atoms with E-state index in [1.807, 2.05) is 18.2 Å². The summed E-state index contributed by atoms with van der Waals surface area (Å²) in [6.07, 6.45) is 4.09. The maximum absolute atomic E-state index is 12.1. The van der Waals surface area contributed by atoms with Gasteiger partial charge in [-0.15, -0.1) is 0 Å². The number of hydrogen-bond donors (Lipinski definition) is 2. The van der Waals surface area contributed by atoms with Crippen LogP contribution in [0.3, 0.4) is 0 Å². The molecular formula is C14H22N2O2S. The predicted molar refractivity (Wildman–Crippen MR) is 78.9 cm³/mol. The Balaban J connectivity index is 1.99. The summed E-state index contributed by atoms with van der Waals surface area (Å²) in [5, 5.41) is 3.26. The lowest BCUT2D eigenvalue weighted by molar-refractivity contribution is 0.424. The van der Waals surface area contributed by atoms with Crippen molar-refractivity contribution in [1.29, 1.82) is 0 Å². The highest BCUT2D eigenvalue weighted by Crippen LogP contribution is 2.15. The fourth-order valence-electron chi connectivity index (χ4n) is 2.41. The minimum Gasteiger partial charge on any atom is -0.313 e. The second-order valence-corrected chi connectivity index (χ2v) is 6.85. The normalized spacial score (nSPS) is 20.2. The first-order valence-electron chi connectivity index (χ1n) is 6.92. The molecule has 19 heavy (non-hydrogen) atoms. The Morgan fingerprint density at radius 2 is 2.21 bits per heavy atom. The van der Waals surface area contributed by atoms with Gasteiger partial charge in [0.1, 0.15) is 0 Å². The van der Waals surface area contributed by atoms with E-state index < -0.39 is 10.0 Å². The van der Waals surface area contributed by atoms with Crippen LogP contribution in [-0.4, -0.2) is 26.8 Å². The van der Waals surface area contributed by atoms with Crippen molar-refractivity contribution < 1.29 is 8.42 Å². The van der Waals surface area contributed by atoms with Gasteiger partial charge in [0.15, 0.2) is 0 Å². The van der Waals surface area contributed by atoms with E-state index in [1.54, 1.807) is 6.07 Å². The van der Waals surface area contributed by atoms with Gasteiger partial charge in [-0.25, -0.2) is 8.42 Å². The lowest BCUT2D eigenvalue weighted by atomic mass is 10.1. The molecule has 0 aliphatic carbocycles. The van der Waals surface area contributed by atoms with Gasteiger partial charge in [-0.05, 0) is 43.5 Å². The Labute approximate surface area is 115 Å². The molecule has 1 atom stereocenters. The molecule has 2 N–H and O–H groups in total. The largest absolute Gasteiger partial charge is 0.313 e. The number of sulfonamides is 1. The first-order chi connectivity index (χ1) is 9.09. The van der Waals surface area contributed by atoms with Crippen LogP contribution in [0.25, 0.3) is 0 Å². The summed E-state index contributed by atoms with van der Waals surface area (Å²) in [7, 11) is -3.27. The fraction of sp³-hybridized carbons (Fsp3) is 0.571. The fourth-order valence-corrected chi connectivity index (χ4v) is 3.79. The second kappa shape index (κ2) is 6.39. The summed E-state index contributed by atoms with van der Waals surface area (Å²) < 4.78 is 26.9. The van der Waals surface area contributed by atoms with Gasteiger partial charge in [-0.3, -0.25) is 4.72 Å². The highest BCUT2D eigenvalue weighted by atomic mass is 32.2. The first-order valence-corrected chi connectivity index (χ1v) is 8.57. The van der Waals surface area contributed by atoms with E-state index in [9.17, 15) is 8.42 Å². The van der Waals surface area contributed by atoms with Crippen molar-refractivity contribution in [2.75, 3.05) is 17.0 Å². The number of hydrogen-bond acceptors (Lipinski definition) is 3. The van der Waals surface area contributed by atoms with E-state index in [0.717, 1.165) is 37.8 Å². The minimum absolute atomic E-state index is 0.0839. The Morgan fingerprint density at radius 3 is 2.89 bits per heavy atom. The summed E-state index contributed by atoms with van der Waals surface area (Å²) in [5.41, 5.74) is 1.80. The molecule has 0 amide bonds. The number of nitrogens with one attached hydrogen (secondary N) is 2. The predicted octanol–water partition coefficient (Wildman–Crippen LogP) is 2.13. The van der Waals surface area contributed by atoms with E-state index in [0.29, 0.717) is 5.69 Å². The molecule has 2 rings (SSSR count). The van der Waals surface area contributed by atoms with Crippen LogP contribution in [0.4, 0.5) is 5.69 Å². The van der Waals surface area contributed by atoms with E-state index in [2.05, 4.69) is 17.0 Å². The molecule has 1 aromatic carbocycles. The molecule has 106 valence electrons. The number of rotatable bonds is 5. The molecule has 4 nitrogen and oxygen atoms in total. The Morgan fingerprint density at radius 1 is 1.37 bits per heavy atom. The van der Waals surface area contributed by atoms with Crippen molar-refractivity contribution in [3.63, 3.8) is 0 Å². The van der Waals surface area contributed by atoms with Gasteiger partial charge in [0.2, 0.25) is 10.0 Å². The van der Waals surface area contributed by atoms with Gasteiger partial charge in [0, 0.05) is 11.7 Å². The average molecular weight is 282 g/mol. The topological polar surface area (TPSA) is 58.2 Å². The molecule has 1 aliphatic rings. The summed E-state index contributed by atoms with van der Waals surface area (Å²) in [4.78, 5) is 0. The van der Waals surface area contributed by atoms with Gasteiger partial charge in [0.25, 0.3) is 0 Å². The third-order valence-corrected chi connectivity index (χ3v) is 4.83. The van der Waals surface area contributed by atoms with Crippen LogP contribution in [0.2, 0.25) is 0 Å². The minimum atomic E-state index is -3.27. The van der Waals surface area contributed by atoms with Crippen LogP contribution in [0.5, 0.6) is 0 Å². The smallest absolute Gasteiger partial charge is 0.234 e. The number of benzene rings is 1. The SMILES string of the molecule is CCc1cccc(NS(=O)(=O)CC2CCCCN2)c1. The summed E-state index contributed by atoms with van der Waals surface area (Å²) in [5.74, 6) is 0.156. The molecular weight excluding hydrogens is 260 g/mol. The molecule has 0 bridgehead atoms. The molecule has 0 spiro atoms. The van der Waals surface area contributed by atoms with Gasteiger partial charge in [0.05, 0.1) is 5.75 Å². The lowest BCUT2D eigenvalue weighted by Crippen LogP contribution is -2.40. The number of aryl methyl sites for hydroxylation is 1. The third kappa shape index (κ3) is 4.51. The van der Waals surface area contributed by atoms with Gasteiger partial charge in [-0.2, -0.15) is 0 Å². The molecule has 1 unspecified atom stereocenters. The summed E-state index contributed by atoms with van der Waals surface area (Å²) in [6.45, 7) is 2.98. The van der Waals surface area contributed by atoms with Crippen molar-refractivity contribution >= 4 is 15.7 Å². The zero-order valence-electron chi connectivity index (χ0n) is 11.4. The Hall–Kier alpha value is -1.07. The summed E-state index contributed by atoms with van der Waals surface area (Å²) >= 11 is 0. The van der Waals surface area contributed by atoms with Gasteiger partial charge in [-0.1, -0.05) is 25.5 Å². The molecule has 0 radical (unpaired) electrons. The van der Waals surface area contributed by atoms with Crippen LogP contribution < -0.4 is 10.0 Å². The number of anilines is 1. The summed E-state index contributed by atoms with van der Waals surface area (Å²) in [6, 6.07) is 7.66. The van der Waals surface area contributed by atoms with E-state index >= 15 is 0 Å². The first kappa shape index (κ1) is 14.3. The van der Waals surface area contributed by atoms with Crippen LogP contribution in [0, 0.1) is 0 Å². The lowest BCUT2D eigenvalue weighted by Gasteiger charge is -2.23. The van der Waals surface area contributed by atoms with Crippen LogP contribution in [0.15, 0.2) is 24.3 Å². The quantitative estimate of drug-likeness (QED) is 0.870. The molecule has 1 saturated heterocycles. The Bertz CT molecular complexity index is 508. The molecule has 1 heterocycles. The zero-order valence-corrected chi connectivity index (χ0v) is 12.2. The standard InChI is InChI=1S/C14H22N2O2S/c1-2-12-6-5-8-13(10-12)16-19(17,18)11-14-7-3-4-9-15-14/h5-6,8,10,14-16H,2-4,7,9,11H2,1H3. The molecule has 1 aliphatic heterocycles. The third-order valence-electron chi connectivity index (χ3n) is 3.44. The maximum atomic E-state index is 12.1. The Kier molecular flexibility index (Phi) is 4.82. The van der Waals surface area contributed by atoms with Crippen molar-refractivity contribution in [1.82, 2.24) is 5.32 Å². The average Bonchev–Trinajstić information content (AvgIpc) is 2.39. The zero-order chi connectivity index (χ0) is 13.7. The van der Waals surface area contributed by atoms with E-state index in [1.165, 1.54) is 0 Å². The van der Waals surface area contributed by atoms with Gasteiger partial charge >= 0.3 is 0 Å². The van der Waals surface area contributed by atoms with Crippen molar-refractivity contribution in [3.05, 3.63) is 29.8 Å². The van der Waals surface area contributed by atoms with Crippen molar-refractivity contribution in [2.45, 2.75) is 38.6 Å². The molecule has 5 heteroatoms. The maximum Gasteiger partial charge on any atom is 0.234 e. The monoisotopic (exact) mass is 282 g/mol. The second-order valence-electron chi connectivity index (χ2n) is 5.08. The molecule has 1 aromatic rings. The molecule has 1 fully saturated rings. The van der Waals surface area contributed by atoms with Gasteiger partial charge < -0.3 is 5.32 Å². The van der Waals surface area contributed by atoms with E-state index in [4.69, 9.17) is 0 Å². The van der Waals surface area contributed by atoms with Crippen molar-refractivity contribution in [2.24, 2.45) is 0 Å². The molecule has 0 saturated carbocycles. The van der Waals surface area contributed by atoms with E-state index in [-0.39, 0.29) is 11.8 Å². The van der Waals surface area contributed by atoms with Crippen LogP contribution in [0.1, 0.15) is 31.7 Å². The van der Waals surface area contributed by atoms with Crippen LogP contribution >= 0.6 is 0 Å². The highest BCUT2D eigenvalue weighted by molar-refractivity contribution is 7.92. The van der Waals surface area contributed by atoms with Crippen molar-refractivity contribution in [3.8, 4) is 0 Å². The highest BCUT2D eigenvalue weighted by Gasteiger charge is 2.20. The molecule has 0 aromatic heterocycles.